The van der Waals surface area contributed by atoms with E-state index in [1.165, 1.54) is 0 Å². The van der Waals surface area contributed by atoms with Gasteiger partial charge in [0.2, 0.25) is 0 Å². The highest BCUT2D eigenvalue weighted by atomic mass is 79.9. The summed E-state index contributed by atoms with van der Waals surface area (Å²) in [7, 11) is 0. The highest BCUT2D eigenvalue weighted by molar-refractivity contribution is 9.10. The quantitative estimate of drug-likeness (QED) is 0.810. The lowest BCUT2D eigenvalue weighted by Crippen LogP contribution is -2.27. The number of hydrogen-bond donors (Lipinski definition) is 1. The van der Waals surface area contributed by atoms with Gasteiger partial charge in [0, 0.05) is 10.2 Å². The van der Waals surface area contributed by atoms with Crippen LogP contribution in [-0.2, 0) is 4.74 Å². The number of carbonyl (C=O) groups is 1. The van der Waals surface area contributed by atoms with Crippen molar-refractivity contribution in [2.45, 2.75) is 33.3 Å². The van der Waals surface area contributed by atoms with Gasteiger partial charge in [-0.05, 0) is 61.3 Å². The summed E-state index contributed by atoms with van der Waals surface area (Å²) in [5.41, 5.74) is 0.927. The lowest BCUT2D eigenvalue weighted by Gasteiger charge is -2.20. The molecule has 1 amide bonds. The van der Waals surface area contributed by atoms with E-state index in [1.54, 1.807) is 12.1 Å². The molecule has 0 spiro atoms. The van der Waals surface area contributed by atoms with Gasteiger partial charge >= 0.3 is 6.09 Å². The molecule has 1 aromatic rings. The van der Waals surface area contributed by atoms with E-state index in [0.29, 0.717) is 10.7 Å². The Labute approximate surface area is 115 Å². The molecule has 17 heavy (non-hydrogen) atoms. The second-order valence-electron chi connectivity index (χ2n) is 4.66. The highest BCUT2D eigenvalue weighted by Gasteiger charge is 2.17. The zero-order valence-corrected chi connectivity index (χ0v) is 12.6. The van der Waals surface area contributed by atoms with Gasteiger partial charge in [0.15, 0.2) is 0 Å². The smallest absolute Gasteiger partial charge is 0.412 e. The van der Waals surface area contributed by atoms with E-state index >= 15 is 0 Å². The molecule has 0 bridgehead atoms. The van der Waals surface area contributed by atoms with Crippen LogP contribution >= 0.6 is 27.5 Å². The van der Waals surface area contributed by atoms with Crippen LogP contribution in [0.15, 0.2) is 16.6 Å². The van der Waals surface area contributed by atoms with Gasteiger partial charge in [-0.3, -0.25) is 5.32 Å². The summed E-state index contributed by atoms with van der Waals surface area (Å²) in [6.07, 6.45) is -0.487. The van der Waals surface area contributed by atoms with Crippen molar-refractivity contribution >= 4 is 39.3 Å². The standard InChI is InChI=1S/C12H15BrClNO2/c1-7-9(6-5-8(13)10(7)14)15-11(16)17-12(2,3)4/h5-6H,1-4H3,(H,15,16). The van der Waals surface area contributed by atoms with E-state index in [1.807, 2.05) is 27.7 Å². The molecular formula is C12H15BrClNO2. The Hall–Kier alpha value is -0.740. The molecule has 5 heteroatoms. The Kier molecular flexibility index (Phi) is 4.44. The maximum atomic E-state index is 11.6. The lowest BCUT2D eigenvalue weighted by molar-refractivity contribution is 0.0636. The average Bonchev–Trinajstić information content (AvgIpc) is 2.16. The molecule has 0 saturated heterocycles. The number of carbonyl (C=O) groups excluding carboxylic acids is 1. The van der Waals surface area contributed by atoms with Crippen LogP contribution in [-0.4, -0.2) is 11.7 Å². The molecule has 1 rings (SSSR count). The number of hydrogen-bond acceptors (Lipinski definition) is 2. The SMILES string of the molecule is Cc1c(NC(=O)OC(C)(C)C)ccc(Br)c1Cl. The van der Waals surface area contributed by atoms with Crippen molar-refractivity contribution in [3.63, 3.8) is 0 Å². The number of halogens is 2. The maximum absolute atomic E-state index is 11.6. The van der Waals surface area contributed by atoms with Gasteiger partial charge in [-0.1, -0.05) is 11.6 Å². The first-order chi connectivity index (χ1) is 7.70. The molecule has 94 valence electrons. The van der Waals surface area contributed by atoms with Crippen LogP contribution in [0.5, 0.6) is 0 Å². The Morgan fingerprint density at radius 2 is 2.00 bits per heavy atom. The molecule has 1 aromatic carbocycles. The third kappa shape index (κ3) is 4.21. The van der Waals surface area contributed by atoms with Gasteiger partial charge in [-0.25, -0.2) is 4.79 Å². The van der Waals surface area contributed by atoms with Gasteiger partial charge in [-0.15, -0.1) is 0 Å². The van der Waals surface area contributed by atoms with Gasteiger partial charge in [0.1, 0.15) is 5.60 Å². The maximum Gasteiger partial charge on any atom is 0.412 e. The van der Waals surface area contributed by atoms with Crippen molar-refractivity contribution in [2.75, 3.05) is 5.32 Å². The second-order valence-corrected chi connectivity index (χ2v) is 5.89. The molecule has 3 nitrogen and oxygen atoms in total. The number of rotatable bonds is 1. The zero-order valence-electron chi connectivity index (χ0n) is 10.2. The molecule has 0 radical (unpaired) electrons. The minimum Gasteiger partial charge on any atom is -0.444 e. The second kappa shape index (κ2) is 5.27. The largest absolute Gasteiger partial charge is 0.444 e. The van der Waals surface area contributed by atoms with Crippen molar-refractivity contribution in [2.24, 2.45) is 0 Å². The normalized spacial score (nSPS) is 11.2. The monoisotopic (exact) mass is 319 g/mol. The summed E-state index contributed by atoms with van der Waals surface area (Å²) >= 11 is 9.38. The van der Waals surface area contributed by atoms with Gasteiger partial charge in [0.05, 0.1) is 5.02 Å². The third-order valence-electron chi connectivity index (χ3n) is 1.97. The number of amides is 1. The molecule has 0 saturated carbocycles. The molecule has 0 unspecified atom stereocenters. The molecule has 0 heterocycles. The molecule has 0 aromatic heterocycles. The van der Waals surface area contributed by atoms with Crippen LogP contribution in [0.3, 0.4) is 0 Å². The van der Waals surface area contributed by atoms with Crippen molar-refractivity contribution in [1.29, 1.82) is 0 Å². The summed E-state index contributed by atoms with van der Waals surface area (Å²) in [4.78, 5) is 11.6. The fourth-order valence-corrected chi connectivity index (χ4v) is 1.80. The Morgan fingerprint density at radius 3 is 2.53 bits per heavy atom. The Bertz CT molecular complexity index is 441. The van der Waals surface area contributed by atoms with Crippen LogP contribution < -0.4 is 5.32 Å². The van der Waals surface area contributed by atoms with E-state index in [2.05, 4.69) is 21.2 Å². The Morgan fingerprint density at radius 1 is 1.41 bits per heavy atom. The number of anilines is 1. The average molecular weight is 321 g/mol. The summed E-state index contributed by atoms with van der Waals surface area (Å²) < 4.78 is 5.96. The summed E-state index contributed by atoms with van der Waals surface area (Å²) in [6, 6.07) is 3.55. The van der Waals surface area contributed by atoms with Crippen LogP contribution in [0.25, 0.3) is 0 Å². The first-order valence-electron chi connectivity index (χ1n) is 5.15. The number of nitrogens with one attached hydrogen (secondary N) is 1. The van der Waals surface area contributed by atoms with E-state index in [9.17, 15) is 4.79 Å². The molecule has 0 aliphatic heterocycles. The van der Waals surface area contributed by atoms with Crippen molar-refractivity contribution < 1.29 is 9.53 Å². The van der Waals surface area contributed by atoms with Crippen LogP contribution in [0.2, 0.25) is 5.02 Å². The fraction of sp³-hybridized carbons (Fsp3) is 0.417. The molecule has 0 aliphatic carbocycles. The van der Waals surface area contributed by atoms with E-state index < -0.39 is 11.7 Å². The summed E-state index contributed by atoms with van der Waals surface area (Å²) in [5, 5.41) is 3.25. The van der Waals surface area contributed by atoms with Crippen LogP contribution in [0.1, 0.15) is 26.3 Å². The van der Waals surface area contributed by atoms with Crippen molar-refractivity contribution in [3.05, 3.63) is 27.2 Å². The molecule has 0 aliphatic rings. The van der Waals surface area contributed by atoms with Gasteiger partial charge < -0.3 is 4.74 Å². The van der Waals surface area contributed by atoms with E-state index in [0.717, 1.165) is 10.0 Å². The van der Waals surface area contributed by atoms with Crippen molar-refractivity contribution in [1.82, 2.24) is 0 Å². The van der Waals surface area contributed by atoms with E-state index in [4.69, 9.17) is 16.3 Å². The Balaban J connectivity index is 2.83. The first kappa shape index (κ1) is 14.3. The molecule has 0 atom stereocenters. The van der Waals surface area contributed by atoms with Crippen molar-refractivity contribution in [3.8, 4) is 0 Å². The summed E-state index contributed by atoms with van der Waals surface area (Å²) in [6.45, 7) is 7.27. The number of benzene rings is 1. The number of ether oxygens (including phenoxy) is 1. The first-order valence-corrected chi connectivity index (χ1v) is 6.32. The predicted molar refractivity (Wildman–Crippen MR) is 73.7 cm³/mol. The van der Waals surface area contributed by atoms with Gasteiger partial charge in [0.25, 0.3) is 0 Å². The zero-order chi connectivity index (χ0) is 13.2. The summed E-state index contributed by atoms with van der Waals surface area (Å²) in [5.74, 6) is 0. The molecule has 0 fully saturated rings. The fourth-order valence-electron chi connectivity index (χ4n) is 1.20. The minimum absolute atomic E-state index is 0.487. The topological polar surface area (TPSA) is 38.3 Å². The van der Waals surface area contributed by atoms with Crippen LogP contribution in [0.4, 0.5) is 10.5 Å². The van der Waals surface area contributed by atoms with Gasteiger partial charge in [-0.2, -0.15) is 0 Å². The van der Waals surface area contributed by atoms with Crippen LogP contribution in [0, 0.1) is 6.92 Å². The molecule has 1 N–H and O–H groups in total. The third-order valence-corrected chi connectivity index (χ3v) is 3.35. The lowest BCUT2D eigenvalue weighted by atomic mass is 10.2. The molecular weight excluding hydrogens is 305 g/mol. The minimum atomic E-state index is -0.517. The van der Waals surface area contributed by atoms with E-state index in [-0.39, 0.29) is 0 Å². The predicted octanol–water partition coefficient (Wildman–Crippen LogP) is 4.76. The highest BCUT2D eigenvalue weighted by Crippen LogP contribution is 2.31.